The van der Waals surface area contributed by atoms with Crippen LogP contribution in [-0.4, -0.2) is 46.7 Å². The molecule has 0 aliphatic heterocycles. The topological polar surface area (TPSA) is 89.1 Å². The molecule has 0 heterocycles. The number of anilines is 3. The normalized spacial score (nSPS) is 10.3. The monoisotopic (exact) mass is 483 g/mol. The Morgan fingerprint density at radius 1 is 0.853 bits per heavy atom. The number of hydrogen-bond acceptors (Lipinski definition) is 6. The van der Waals surface area contributed by atoms with Crippen LogP contribution in [0.2, 0.25) is 5.02 Å². The van der Waals surface area contributed by atoms with Crippen LogP contribution in [0.1, 0.15) is 10.4 Å². The number of ether oxygens (including phenoxy) is 3. The van der Waals surface area contributed by atoms with Crippen LogP contribution in [0.25, 0.3) is 0 Å². The molecule has 0 unspecified atom stereocenters. The Labute approximate surface area is 203 Å². The third-order valence-corrected chi connectivity index (χ3v) is 5.09. The van der Waals surface area contributed by atoms with Crippen molar-refractivity contribution < 1.29 is 23.8 Å². The summed E-state index contributed by atoms with van der Waals surface area (Å²) in [7, 11) is 6.73. The van der Waals surface area contributed by atoms with Crippen molar-refractivity contribution in [3.8, 4) is 17.2 Å². The third-order valence-electron chi connectivity index (χ3n) is 4.85. The average Bonchev–Trinajstić information content (AvgIpc) is 2.82. The number of benzene rings is 3. The van der Waals surface area contributed by atoms with Gasteiger partial charge in [-0.3, -0.25) is 9.59 Å². The maximum Gasteiger partial charge on any atom is 0.262 e. The highest BCUT2D eigenvalue weighted by Crippen LogP contribution is 2.31. The molecule has 0 aliphatic rings. The molecule has 0 aromatic heterocycles. The van der Waals surface area contributed by atoms with E-state index in [9.17, 15) is 9.59 Å². The molecule has 0 atom stereocenters. The van der Waals surface area contributed by atoms with E-state index in [1.165, 1.54) is 14.2 Å². The van der Waals surface area contributed by atoms with Crippen LogP contribution in [0.15, 0.2) is 60.7 Å². The second-order valence-corrected chi connectivity index (χ2v) is 7.85. The summed E-state index contributed by atoms with van der Waals surface area (Å²) >= 11 is 6.10. The van der Waals surface area contributed by atoms with Crippen molar-refractivity contribution in [1.82, 2.24) is 0 Å². The van der Waals surface area contributed by atoms with Crippen molar-refractivity contribution >= 4 is 40.5 Å². The number of para-hydroxylation sites is 2. The number of amides is 2. The molecular weight excluding hydrogens is 458 g/mol. The SMILES string of the molecule is COc1ccccc1NC(=O)COc1ccc(C(=O)Nc2cc(Cl)ccc2N(C)C)cc1OC. The van der Waals surface area contributed by atoms with E-state index < -0.39 is 0 Å². The first-order valence-corrected chi connectivity index (χ1v) is 10.7. The van der Waals surface area contributed by atoms with E-state index in [1.807, 2.05) is 25.1 Å². The Balaban J connectivity index is 1.69. The molecule has 3 rings (SSSR count). The molecule has 0 spiro atoms. The van der Waals surface area contributed by atoms with Crippen LogP contribution >= 0.6 is 11.6 Å². The number of carbonyl (C=O) groups excluding carboxylic acids is 2. The Bertz CT molecular complexity index is 1180. The van der Waals surface area contributed by atoms with Crippen molar-refractivity contribution in [2.45, 2.75) is 0 Å². The van der Waals surface area contributed by atoms with Gasteiger partial charge in [0.2, 0.25) is 0 Å². The predicted octanol–water partition coefficient (Wildman–Crippen LogP) is 4.69. The van der Waals surface area contributed by atoms with Gasteiger partial charge in [0.15, 0.2) is 18.1 Å². The zero-order chi connectivity index (χ0) is 24.7. The van der Waals surface area contributed by atoms with Crippen molar-refractivity contribution in [2.24, 2.45) is 0 Å². The molecule has 3 aromatic rings. The summed E-state index contributed by atoms with van der Waals surface area (Å²) in [5, 5.41) is 6.12. The van der Waals surface area contributed by atoms with E-state index in [1.54, 1.807) is 54.6 Å². The highest BCUT2D eigenvalue weighted by molar-refractivity contribution is 6.31. The second-order valence-electron chi connectivity index (χ2n) is 7.41. The molecule has 0 fully saturated rings. The van der Waals surface area contributed by atoms with Gasteiger partial charge in [-0.05, 0) is 48.5 Å². The van der Waals surface area contributed by atoms with Crippen LogP contribution < -0.4 is 29.7 Å². The molecule has 0 saturated heterocycles. The summed E-state index contributed by atoms with van der Waals surface area (Å²) in [6.07, 6.45) is 0. The number of halogens is 1. The summed E-state index contributed by atoms with van der Waals surface area (Å²) in [5.41, 5.74) is 2.28. The number of rotatable bonds is 9. The Morgan fingerprint density at radius 2 is 1.59 bits per heavy atom. The maximum absolute atomic E-state index is 12.9. The quantitative estimate of drug-likeness (QED) is 0.459. The zero-order valence-corrected chi connectivity index (χ0v) is 20.1. The minimum atomic E-state index is -0.370. The summed E-state index contributed by atoms with van der Waals surface area (Å²) in [4.78, 5) is 27.1. The minimum absolute atomic E-state index is 0.255. The van der Waals surface area contributed by atoms with E-state index in [2.05, 4.69) is 10.6 Å². The third kappa shape index (κ3) is 6.11. The maximum atomic E-state index is 12.9. The number of hydrogen-bond donors (Lipinski definition) is 2. The molecule has 34 heavy (non-hydrogen) atoms. The van der Waals surface area contributed by atoms with E-state index in [0.717, 1.165) is 5.69 Å². The molecule has 0 radical (unpaired) electrons. The van der Waals surface area contributed by atoms with Crippen LogP contribution in [0.5, 0.6) is 17.2 Å². The highest BCUT2D eigenvalue weighted by atomic mass is 35.5. The van der Waals surface area contributed by atoms with Gasteiger partial charge in [0, 0.05) is 24.7 Å². The molecule has 0 bridgehead atoms. The Morgan fingerprint density at radius 3 is 2.29 bits per heavy atom. The van der Waals surface area contributed by atoms with Crippen LogP contribution in [0.3, 0.4) is 0 Å². The molecule has 2 N–H and O–H groups in total. The van der Waals surface area contributed by atoms with E-state index >= 15 is 0 Å². The first-order chi connectivity index (χ1) is 16.3. The van der Waals surface area contributed by atoms with Crippen molar-refractivity contribution in [2.75, 3.05) is 50.5 Å². The Kier molecular flexibility index (Phi) is 8.21. The van der Waals surface area contributed by atoms with Gasteiger partial charge in [0.25, 0.3) is 11.8 Å². The first kappa shape index (κ1) is 24.7. The van der Waals surface area contributed by atoms with E-state index in [4.69, 9.17) is 25.8 Å². The lowest BCUT2D eigenvalue weighted by Crippen LogP contribution is -2.21. The van der Waals surface area contributed by atoms with Crippen molar-refractivity contribution in [3.05, 3.63) is 71.2 Å². The highest BCUT2D eigenvalue weighted by Gasteiger charge is 2.15. The fraction of sp³-hybridized carbons (Fsp3) is 0.200. The number of carbonyl (C=O) groups is 2. The van der Waals surface area contributed by atoms with Gasteiger partial charge in [-0.15, -0.1) is 0 Å². The van der Waals surface area contributed by atoms with Gasteiger partial charge in [0.1, 0.15) is 5.75 Å². The van der Waals surface area contributed by atoms with Gasteiger partial charge in [-0.2, -0.15) is 0 Å². The largest absolute Gasteiger partial charge is 0.495 e. The molecule has 2 amide bonds. The van der Waals surface area contributed by atoms with Crippen LogP contribution in [0, 0.1) is 0 Å². The van der Waals surface area contributed by atoms with Crippen molar-refractivity contribution in [3.63, 3.8) is 0 Å². The van der Waals surface area contributed by atoms with Gasteiger partial charge >= 0.3 is 0 Å². The van der Waals surface area contributed by atoms with Gasteiger partial charge in [-0.25, -0.2) is 0 Å². The van der Waals surface area contributed by atoms with Gasteiger partial charge in [-0.1, -0.05) is 23.7 Å². The van der Waals surface area contributed by atoms with Gasteiger partial charge in [0.05, 0.1) is 31.3 Å². The molecule has 3 aromatic carbocycles. The summed E-state index contributed by atoms with van der Waals surface area (Å²) in [5.74, 6) is 0.471. The lowest BCUT2D eigenvalue weighted by molar-refractivity contribution is -0.118. The standard InChI is InChI=1S/C25H26ClN3O5/c1-29(2)20-11-10-17(26)14-19(20)28-25(31)16-9-12-22(23(13-16)33-4)34-15-24(30)27-18-7-5-6-8-21(18)32-3/h5-14H,15H2,1-4H3,(H,27,30)(H,28,31). The summed E-state index contributed by atoms with van der Waals surface area (Å²) in [6.45, 7) is -0.255. The van der Waals surface area contributed by atoms with Crippen LogP contribution in [0.4, 0.5) is 17.1 Å². The first-order valence-electron chi connectivity index (χ1n) is 10.3. The molecule has 8 nitrogen and oxygen atoms in total. The molecular formula is C25H26ClN3O5. The lowest BCUT2D eigenvalue weighted by Gasteiger charge is -2.18. The van der Waals surface area contributed by atoms with Crippen LogP contribution in [-0.2, 0) is 4.79 Å². The van der Waals surface area contributed by atoms with Gasteiger partial charge < -0.3 is 29.7 Å². The molecule has 178 valence electrons. The second kappa shape index (κ2) is 11.3. The summed E-state index contributed by atoms with van der Waals surface area (Å²) in [6, 6.07) is 17.0. The minimum Gasteiger partial charge on any atom is -0.495 e. The number of methoxy groups -OCH3 is 2. The van der Waals surface area contributed by atoms with E-state index in [-0.39, 0.29) is 18.4 Å². The smallest absolute Gasteiger partial charge is 0.262 e. The molecule has 9 heteroatoms. The number of nitrogens with zero attached hydrogens (tertiary/aromatic N) is 1. The average molecular weight is 484 g/mol. The zero-order valence-electron chi connectivity index (χ0n) is 19.3. The van der Waals surface area contributed by atoms with E-state index in [0.29, 0.717) is 39.2 Å². The number of nitrogens with one attached hydrogen (secondary N) is 2. The molecule has 0 aliphatic carbocycles. The molecule has 0 saturated carbocycles. The van der Waals surface area contributed by atoms with Crippen molar-refractivity contribution in [1.29, 1.82) is 0 Å². The summed E-state index contributed by atoms with van der Waals surface area (Å²) < 4.78 is 16.2. The lowest BCUT2D eigenvalue weighted by atomic mass is 10.1. The fourth-order valence-corrected chi connectivity index (χ4v) is 3.37. The predicted molar refractivity (Wildman–Crippen MR) is 134 cm³/mol. The Hall–Kier alpha value is -3.91. The fourth-order valence-electron chi connectivity index (χ4n) is 3.20.